The first-order valence-electron chi connectivity index (χ1n) is 9.55. The Kier molecular flexibility index (Phi) is 5.17. The molecule has 1 aromatic carbocycles. The SMILES string of the molecule is CC(C)c1nnc2ccc(N3CCC[C@@H](C(=O)Nc4ccc(Cl)cc4)C3)nn12. The molecule has 4 rings (SSSR count). The minimum atomic E-state index is -0.0904. The summed E-state index contributed by atoms with van der Waals surface area (Å²) in [5.74, 6) is 1.86. The predicted octanol–water partition coefficient (Wildman–Crippen LogP) is 3.76. The molecular weight excluding hydrogens is 376 g/mol. The van der Waals surface area contributed by atoms with Crippen LogP contribution in [0.25, 0.3) is 5.65 Å². The number of amides is 1. The zero-order chi connectivity index (χ0) is 19.7. The van der Waals surface area contributed by atoms with Crippen molar-refractivity contribution in [2.45, 2.75) is 32.6 Å². The number of benzene rings is 1. The molecule has 0 bridgehead atoms. The van der Waals surface area contributed by atoms with Crippen molar-refractivity contribution < 1.29 is 4.79 Å². The van der Waals surface area contributed by atoms with Gasteiger partial charge in [0, 0.05) is 29.7 Å². The normalized spacial score (nSPS) is 17.3. The number of nitrogens with zero attached hydrogens (tertiary/aromatic N) is 5. The summed E-state index contributed by atoms with van der Waals surface area (Å²) in [7, 11) is 0. The molecule has 0 radical (unpaired) electrons. The molecular formula is C20H23ClN6O. The fourth-order valence-corrected chi connectivity index (χ4v) is 3.63. The zero-order valence-corrected chi connectivity index (χ0v) is 16.7. The molecule has 7 nitrogen and oxygen atoms in total. The zero-order valence-electron chi connectivity index (χ0n) is 16.0. The van der Waals surface area contributed by atoms with Crippen molar-refractivity contribution >= 4 is 34.7 Å². The number of halogens is 1. The molecule has 146 valence electrons. The number of hydrogen-bond donors (Lipinski definition) is 1. The molecule has 0 saturated carbocycles. The summed E-state index contributed by atoms with van der Waals surface area (Å²) >= 11 is 5.91. The Morgan fingerprint density at radius 3 is 2.71 bits per heavy atom. The van der Waals surface area contributed by atoms with Crippen LogP contribution < -0.4 is 10.2 Å². The molecule has 3 aromatic rings. The fraction of sp³-hybridized carbons (Fsp3) is 0.400. The van der Waals surface area contributed by atoms with Gasteiger partial charge in [0.2, 0.25) is 5.91 Å². The first-order chi connectivity index (χ1) is 13.5. The van der Waals surface area contributed by atoms with E-state index < -0.39 is 0 Å². The van der Waals surface area contributed by atoms with Gasteiger partial charge in [-0.2, -0.15) is 4.52 Å². The highest BCUT2D eigenvalue weighted by Crippen LogP contribution is 2.24. The van der Waals surface area contributed by atoms with Gasteiger partial charge in [0.25, 0.3) is 0 Å². The number of carbonyl (C=O) groups is 1. The van der Waals surface area contributed by atoms with Crippen molar-refractivity contribution in [3.8, 4) is 0 Å². The van der Waals surface area contributed by atoms with Gasteiger partial charge in [-0.1, -0.05) is 25.4 Å². The van der Waals surface area contributed by atoms with Gasteiger partial charge in [0.15, 0.2) is 11.5 Å². The first kappa shape index (κ1) is 18.7. The van der Waals surface area contributed by atoms with E-state index in [1.165, 1.54) is 0 Å². The van der Waals surface area contributed by atoms with E-state index in [9.17, 15) is 4.79 Å². The number of hydrogen-bond acceptors (Lipinski definition) is 5. The Hall–Kier alpha value is -2.67. The van der Waals surface area contributed by atoms with Crippen molar-refractivity contribution in [2.75, 3.05) is 23.3 Å². The van der Waals surface area contributed by atoms with E-state index in [0.717, 1.165) is 42.4 Å². The molecule has 1 aliphatic heterocycles. The molecule has 2 aromatic heterocycles. The molecule has 1 amide bonds. The van der Waals surface area contributed by atoms with E-state index in [-0.39, 0.29) is 17.7 Å². The maximum Gasteiger partial charge on any atom is 0.229 e. The molecule has 1 saturated heterocycles. The van der Waals surface area contributed by atoms with Crippen LogP contribution in [-0.4, -0.2) is 38.8 Å². The lowest BCUT2D eigenvalue weighted by atomic mass is 9.97. The number of rotatable bonds is 4. The van der Waals surface area contributed by atoms with Gasteiger partial charge in [-0.15, -0.1) is 15.3 Å². The average molecular weight is 399 g/mol. The molecule has 1 fully saturated rings. The first-order valence-corrected chi connectivity index (χ1v) is 9.93. The third-order valence-corrected chi connectivity index (χ3v) is 5.27. The number of aromatic nitrogens is 4. The molecule has 1 atom stereocenters. The van der Waals surface area contributed by atoms with E-state index in [2.05, 4.69) is 34.3 Å². The maximum atomic E-state index is 12.7. The Labute approximate surface area is 168 Å². The van der Waals surface area contributed by atoms with Gasteiger partial charge in [-0.3, -0.25) is 4.79 Å². The highest BCUT2D eigenvalue weighted by atomic mass is 35.5. The molecule has 1 N–H and O–H groups in total. The number of anilines is 2. The van der Waals surface area contributed by atoms with Crippen molar-refractivity contribution in [2.24, 2.45) is 5.92 Å². The van der Waals surface area contributed by atoms with Crippen LogP contribution in [-0.2, 0) is 4.79 Å². The average Bonchev–Trinajstić information content (AvgIpc) is 3.13. The molecule has 0 spiro atoms. The van der Waals surface area contributed by atoms with Crippen molar-refractivity contribution in [3.05, 3.63) is 47.2 Å². The second-order valence-corrected chi connectivity index (χ2v) is 7.89. The van der Waals surface area contributed by atoms with E-state index in [1.807, 2.05) is 24.3 Å². The van der Waals surface area contributed by atoms with Gasteiger partial charge < -0.3 is 10.2 Å². The Morgan fingerprint density at radius 1 is 1.18 bits per heavy atom. The van der Waals surface area contributed by atoms with Gasteiger partial charge >= 0.3 is 0 Å². The van der Waals surface area contributed by atoms with Crippen LogP contribution in [0, 0.1) is 5.92 Å². The van der Waals surface area contributed by atoms with Crippen molar-refractivity contribution in [1.82, 2.24) is 19.8 Å². The predicted molar refractivity (Wildman–Crippen MR) is 110 cm³/mol. The Morgan fingerprint density at radius 2 is 1.96 bits per heavy atom. The van der Waals surface area contributed by atoms with Crippen LogP contribution in [0.5, 0.6) is 0 Å². The van der Waals surface area contributed by atoms with Gasteiger partial charge in [-0.25, -0.2) is 0 Å². The van der Waals surface area contributed by atoms with Crippen LogP contribution in [0.15, 0.2) is 36.4 Å². The van der Waals surface area contributed by atoms with Crippen LogP contribution in [0.1, 0.15) is 38.4 Å². The van der Waals surface area contributed by atoms with Crippen LogP contribution in [0.3, 0.4) is 0 Å². The van der Waals surface area contributed by atoms with Crippen molar-refractivity contribution in [1.29, 1.82) is 0 Å². The third kappa shape index (κ3) is 3.80. The summed E-state index contributed by atoms with van der Waals surface area (Å²) in [4.78, 5) is 14.9. The highest BCUT2D eigenvalue weighted by molar-refractivity contribution is 6.30. The minimum Gasteiger partial charge on any atom is -0.354 e. The second kappa shape index (κ2) is 7.75. The topological polar surface area (TPSA) is 75.4 Å². The Balaban J connectivity index is 1.50. The molecule has 1 aliphatic rings. The van der Waals surface area contributed by atoms with E-state index in [1.54, 1.807) is 16.6 Å². The summed E-state index contributed by atoms with van der Waals surface area (Å²) in [6.45, 7) is 5.66. The summed E-state index contributed by atoms with van der Waals surface area (Å²) < 4.78 is 1.80. The minimum absolute atomic E-state index is 0.0280. The van der Waals surface area contributed by atoms with E-state index in [4.69, 9.17) is 16.7 Å². The van der Waals surface area contributed by atoms with Gasteiger partial charge in [0.1, 0.15) is 5.82 Å². The number of fused-ring (bicyclic) bond motifs is 1. The summed E-state index contributed by atoms with van der Waals surface area (Å²) in [6, 6.07) is 11.1. The third-order valence-electron chi connectivity index (χ3n) is 5.02. The molecule has 3 heterocycles. The molecule has 8 heteroatoms. The van der Waals surface area contributed by atoms with Crippen LogP contribution in [0.4, 0.5) is 11.5 Å². The van der Waals surface area contributed by atoms with Crippen LogP contribution >= 0.6 is 11.6 Å². The summed E-state index contributed by atoms with van der Waals surface area (Å²) in [5.41, 5.74) is 1.50. The van der Waals surface area contributed by atoms with E-state index in [0.29, 0.717) is 11.6 Å². The second-order valence-electron chi connectivity index (χ2n) is 7.46. The molecule has 28 heavy (non-hydrogen) atoms. The monoisotopic (exact) mass is 398 g/mol. The standard InChI is InChI=1S/C20H23ClN6O/c1-13(2)19-24-23-17-9-10-18(25-27(17)19)26-11-3-4-14(12-26)20(28)22-16-7-5-15(21)6-8-16/h5-10,13-14H,3-4,11-12H2,1-2H3,(H,22,28)/t14-/m1/s1. The smallest absolute Gasteiger partial charge is 0.229 e. The van der Waals surface area contributed by atoms with Crippen molar-refractivity contribution in [3.63, 3.8) is 0 Å². The molecule has 0 unspecified atom stereocenters. The van der Waals surface area contributed by atoms with E-state index >= 15 is 0 Å². The highest BCUT2D eigenvalue weighted by Gasteiger charge is 2.27. The number of piperidine rings is 1. The largest absolute Gasteiger partial charge is 0.354 e. The fourth-order valence-electron chi connectivity index (χ4n) is 3.50. The lowest BCUT2D eigenvalue weighted by Crippen LogP contribution is -2.41. The summed E-state index contributed by atoms with van der Waals surface area (Å²) in [6.07, 6.45) is 1.81. The lowest BCUT2D eigenvalue weighted by molar-refractivity contribution is -0.120. The number of carbonyl (C=O) groups excluding carboxylic acids is 1. The lowest BCUT2D eigenvalue weighted by Gasteiger charge is -2.32. The Bertz CT molecular complexity index is 984. The van der Waals surface area contributed by atoms with Crippen LogP contribution in [0.2, 0.25) is 5.02 Å². The quantitative estimate of drug-likeness (QED) is 0.724. The molecule has 0 aliphatic carbocycles. The van der Waals surface area contributed by atoms with Gasteiger partial charge in [-0.05, 0) is 49.2 Å². The summed E-state index contributed by atoms with van der Waals surface area (Å²) in [5, 5.41) is 16.8. The number of nitrogens with one attached hydrogen (secondary N) is 1. The maximum absolute atomic E-state index is 12.7. The van der Waals surface area contributed by atoms with Gasteiger partial charge in [0.05, 0.1) is 5.92 Å².